The molecule has 1 fully saturated rings. The number of ether oxygens (including phenoxy) is 1. The van der Waals surface area contributed by atoms with Crippen LogP contribution in [0.3, 0.4) is 0 Å². The lowest BCUT2D eigenvalue weighted by Crippen LogP contribution is -2.48. The minimum Gasteiger partial charge on any atom is -0.468 e. The maximum Gasteiger partial charge on any atom is 0.322 e. The first-order valence-corrected chi connectivity index (χ1v) is 5.00. The van der Waals surface area contributed by atoms with Gasteiger partial charge in [-0.2, -0.15) is 0 Å². The molecular formula is C10H19NO3. The summed E-state index contributed by atoms with van der Waals surface area (Å²) in [5.41, 5.74) is -0.563. The zero-order chi connectivity index (χ0) is 10.8. The highest BCUT2D eigenvalue weighted by molar-refractivity contribution is 5.75. The number of piperidine rings is 1. The van der Waals surface area contributed by atoms with Crippen molar-refractivity contribution in [3.05, 3.63) is 0 Å². The van der Waals surface area contributed by atoms with Crippen molar-refractivity contribution >= 4 is 5.97 Å². The summed E-state index contributed by atoms with van der Waals surface area (Å²) in [4.78, 5) is 13.3. The lowest BCUT2D eigenvalue weighted by molar-refractivity contribution is -0.148. The van der Waals surface area contributed by atoms with E-state index in [0.717, 1.165) is 13.1 Å². The van der Waals surface area contributed by atoms with Crippen LogP contribution in [-0.2, 0) is 9.53 Å². The van der Waals surface area contributed by atoms with Crippen LogP contribution in [0.1, 0.15) is 26.7 Å². The average Bonchev–Trinajstić information content (AvgIpc) is 2.15. The number of esters is 1. The first-order chi connectivity index (χ1) is 6.46. The lowest BCUT2D eigenvalue weighted by atomic mass is 9.93. The van der Waals surface area contributed by atoms with Crippen molar-refractivity contribution < 1.29 is 14.6 Å². The first-order valence-electron chi connectivity index (χ1n) is 5.00. The van der Waals surface area contributed by atoms with Crippen molar-refractivity contribution in [2.45, 2.75) is 38.3 Å². The van der Waals surface area contributed by atoms with Gasteiger partial charge in [0.05, 0.1) is 12.7 Å². The summed E-state index contributed by atoms with van der Waals surface area (Å²) >= 11 is 0. The Morgan fingerprint density at radius 1 is 1.50 bits per heavy atom. The maximum absolute atomic E-state index is 11.2. The van der Waals surface area contributed by atoms with Crippen LogP contribution in [0, 0.1) is 0 Å². The molecule has 0 aliphatic carbocycles. The number of hydrogen-bond acceptors (Lipinski definition) is 4. The van der Waals surface area contributed by atoms with Gasteiger partial charge >= 0.3 is 5.97 Å². The van der Waals surface area contributed by atoms with E-state index in [-0.39, 0.29) is 12.0 Å². The topological polar surface area (TPSA) is 49.8 Å². The van der Waals surface area contributed by atoms with Crippen LogP contribution >= 0.6 is 0 Å². The van der Waals surface area contributed by atoms with Gasteiger partial charge in [0.15, 0.2) is 0 Å². The van der Waals surface area contributed by atoms with Gasteiger partial charge in [-0.05, 0) is 26.7 Å². The summed E-state index contributed by atoms with van der Waals surface area (Å²) in [5, 5.41) is 9.73. The molecule has 1 N–H and O–H groups in total. The van der Waals surface area contributed by atoms with Gasteiger partial charge in [0.1, 0.15) is 6.04 Å². The molecule has 0 spiro atoms. The third-order valence-electron chi connectivity index (χ3n) is 2.97. The molecule has 1 aliphatic heterocycles. The zero-order valence-electron chi connectivity index (χ0n) is 9.12. The summed E-state index contributed by atoms with van der Waals surface area (Å²) < 4.78 is 4.67. The normalized spacial score (nSPS) is 24.3. The maximum atomic E-state index is 11.2. The smallest absolute Gasteiger partial charge is 0.322 e. The van der Waals surface area contributed by atoms with Gasteiger partial charge in [-0.25, -0.2) is 0 Å². The molecule has 0 aromatic carbocycles. The zero-order valence-corrected chi connectivity index (χ0v) is 9.12. The van der Waals surface area contributed by atoms with E-state index < -0.39 is 5.60 Å². The van der Waals surface area contributed by atoms with Crippen molar-refractivity contribution in [2.75, 3.05) is 20.2 Å². The van der Waals surface area contributed by atoms with Crippen LogP contribution in [0.15, 0.2) is 0 Å². The van der Waals surface area contributed by atoms with Crippen LogP contribution in [0.2, 0.25) is 0 Å². The van der Waals surface area contributed by atoms with Gasteiger partial charge in [0, 0.05) is 13.1 Å². The van der Waals surface area contributed by atoms with Crippen LogP contribution in [0.4, 0.5) is 0 Å². The molecule has 82 valence electrons. The second-order valence-electron chi connectivity index (χ2n) is 4.23. The Balaban J connectivity index is 2.45. The number of methoxy groups -OCH3 is 1. The standard InChI is InChI=1S/C10H19NO3/c1-8(9(12)14-3)11-6-4-10(2,13)5-7-11/h8,13H,4-7H2,1-3H3. The van der Waals surface area contributed by atoms with Gasteiger partial charge in [-0.3, -0.25) is 9.69 Å². The Kier molecular flexibility index (Phi) is 3.50. The van der Waals surface area contributed by atoms with Crippen LogP contribution in [0.25, 0.3) is 0 Å². The molecule has 1 rings (SSSR count). The van der Waals surface area contributed by atoms with Crippen molar-refractivity contribution in [3.8, 4) is 0 Å². The van der Waals surface area contributed by atoms with E-state index in [2.05, 4.69) is 4.74 Å². The molecule has 4 nitrogen and oxygen atoms in total. The Morgan fingerprint density at radius 2 is 2.00 bits per heavy atom. The Hall–Kier alpha value is -0.610. The molecule has 0 bridgehead atoms. The van der Waals surface area contributed by atoms with Gasteiger partial charge < -0.3 is 9.84 Å². The molecule has 1 aliphatic rings. The molecule has 0 amide bonds. The van der Waals surface area contributed by atoms with E-state index in [0.29, 0.717) is 12.8 Å². The second-order valence-corrected chi connectivity index (χ2v) is 4.23. The fourth-order valence-corrected chi connectivity index (χ4v) is 1.71. The highest BCUT2D eigenvalue weighted by Gasteiger charge is 2.31. The molecule has 1 unspecified atom stereocenters. The van der Waals surface area contributed by atoms with E-state index in [1.165, 1.54) is 7.11 Å². The summed E-state index contributed by atoms with van der Waals surface area (Å²) in [6.45, 7) is 5.19. The van der Waals surface area contributed by atoms with Crippen molar-refractivity contribution in [2.24, 2.45) is 0 Å². The fourth-order valence-electron chi connectivity index (χ4n) is 1.71. The van der Waals surface area contributed by atoms with Crippen LogP contribution in [-0.4, -0.2) is 47.8 Å². The van der Waals surface area contributed by atoms with Gasteiger partial charge in [-0.1, -0.05) is 0 Å². The highest BCUT2D eigenvalue weighted by atomic mass is 16.5. The molecule has 1 atom stereocenters. The highest BCUT2D eigenvalue weighted by Crippen LogP contribution is 2.22. The summed E-state index contributed by atoms with van der Waals surface area (Å²) in [6, 6.07) is -0.198. The molecule has 14 heavy (non-hydrogen) atoms. The van der Waals surface area contributed by atoms with E-state index in [9.17, 15) is 9.90 Å². The van der Waals surface area contributed by atoms with Crippen LogP contribution < -0.4 is 0 Å². The number of nitrogens with zero attached hydrogens (tertiary/aromatic N) is 1. The molecule has 1 heterocycles. The van der Waals surface area contributed by atoms with Crippen molar-refractivity contribution in [1.82, 2.24) is 4.90 Å². The van der Waals surface area contributed by atoms with E-state index in [4.69, 9.17) is 0 Å². The Labute approximate surface area is 84.8 Å². The van der Waals surface area contributed by atoms with E-state index in [1.807, 2.05) is 18.7 Å². The Morgan fingerprint density at radius 3 is 2.43 bits per heavy atom. The molecule has 0 radical (unpaired) electrons. The molecule has 1 saturated heterocycles. The van der Waals surface area contributed by atoms with E-state index in [1.54, 1.807) is 0 Å². The summed E-state index contributed by atoms with van der Waals surface area (Å²) in [7, 11) is 1.40. The SMILES string of the molecule is COC(=O)C(C)N1CCC(C)(O)CC1. The van der Waals surface area contributed by atoms with Crippen molar-refractivity contribution in [3.63, 3.8) is 0 Å². The minimum absolute atomic E-state index is 0.198. The van der Waals surface area contributed by atoms with E-state index >= 15 is 0 Å². The summed E-state index contributed by atoms with van der Waals surface area (Å²) in [5.74, 6) is -0.202. The molecule has 0 aromatic rings. The number of aliphatic hydroxyl groups is 1. The molecule has 0 saturated carbocycles. The van der Waals surface area contributed by atoms with Gasteiger partial charge in [-0.15, -0.1) is 0 Å². The number of rotatable bonds is 2. The number of carbonyl (C=O) groups is 1. The Bertz CT molecular complexity index is 205. The monoisotopic (exact) mass is 201 g/mol. The molecule has 0 aromatic heterocycles. The predicted octanol–water partition coefficient (Wildman–Crippen LogP) is 0.395. The van der Waals surface area contributed by atoms with Gasteiger partial charge in [0.25, 0.3) is 0 Å². The van der Waals surface area contributed by atoms with Crippen molar-refractivity contribution in [1.29, 1.82) is 0 Å². The predicted molar refractivity (Wildman–Crippen MR) is 52.9 cm³/mol. The first kappa shape index (κ1) is 11.5. The van der Waals surface area contributed by atoms with Crippen LogP contribution in [0.5, 0.6) is 0 Å². The minimum atomic E-state index is -0.563. The number of hydrogen-bond donors (Lipinski definition) is 1. The quantitative estimate of drug-likeness (QED) is 0.657. The second kappa shape index (κ2) is 4.28. The average molecular weight is 201 g/mol. The lowest BCUT2D eigenvalue weighted by Gasteiger charge is -2.37. The van der Waals surface area contributed by atoms with Gasteiger partial charge in [0.2, 0.25) is 0 Å². The summed E-state index contributed by atoms with van der Waals surface area (Å²) in [6.07, 6.45) is 1.43. The third kappa shape index (κ3) is 2.69. The fraction of sp³-hybridized carbons (Fsp3) is 0.900. The largest absolute Gasteiger partial charge is 0.468 e. The number of likely N-dealkylation sites (tertiary alicyclic amines) is 1. The number of carbonyl (C=O) groups excluding carboxylic acids is 1. The molecule has 4 heteroatoms. The molecular weight excluding hydrogens is 182 g/mol. The third-order valence-corrected chi connectivity index (χ3v) is 2.97.